The van der Waals surface area contributed by atoms with Crippen LogP contribution in [0.3, 0.4) is 0 Å². The fourth-order valence-electron chi connectivity index (χ4n) is 0.993. The number of carbonyl (C=O) groups is 1. The van der Waals surface area contributed by atoms with E-state index >= 15 is 0 Å². The molecule has 1 aromatic rings. The van der Waals surface area contributed by atoms with Crippen LogP contribution in [0, 0.1) is 5.41 Å². The molecule has 4 nitrogen and oxygen atoms in total. The molecule has 0 aliphatic heterocycles. The molecule has 0 saturated heterocycles. The van der Waals surface area contributed by atoms with Crippen molar-refractivity contribution in [3.8, 4) is 0 Å². The van der Waals surface area contributed by atoms with Crippen LogP contribution in [0.5, 0.6) is 0 Å². The zero-order chi connectivity index (χ0) is 12.2. The number of nitrogens with zero attached hydrogens (tertiary/aromatic N) is 1. The molecule has 0 saturated carbocycles. The summed E-state index contributed by atoms with van der Waals surface area (Å²) < 4.78 is 4.59. The van der Waals surface area contributed by atoms with Crippen molar-refractivity contribution in [2.24, 2.45) is 5.41 Å². The van der Waals surface area contributed by atoms with Crippen LogP contribution in [0.15, 0.2) is 5.38 Å². The molecule has 0 amide bonds. The summed E-state index contributed by atoms with van der Waals surface area (Å²) in [6.45, 7) is 7.38. The van der Waals surface area contributed by atoms with E-state index in [4.69, 9.17) is 0 Å². The molecule has 5 heteroatoms. The molecular weight excluding hydrogens is 224 g/mol. The number of rotatable bonds is 5. The highest BCUT2D eigenvalue weighted by molar-refractivity contribution is 7.13. The van der Waals surface area contributed by atoms with Crippen LogP contribution in [-0.4, -0.2) is 24.6 Å². The van der Waals surface area contributed by atoms with Crippen molar-refractivity contribution >= 4 is 22.4 Å². The lowest BCUT2D eigenvalue weighted by molar-refractivity contribution is 0.0595. The van der Waals surface area contributed by atoms with Crippen LogP contribution in [0.2, 0.25) is 0 Å². The zero-order valence-electron chi connectivity index (χ0n) is 10.2. The fourth-order valence-corrected chi connectivity index (χ4v) is 1.67. The van der Waals surface area contributed by atoms with E-state index in [0.29, 0.717) is 5.69 Å². The molecule has 0 fully saturated rings. The topological polar surface area (TPSA) is 51.2 Å². The highest BCUT2D eigenvalue weighted by atomic mass is 32.1. The maximum atomic E-state index is 11.2. The number of esters is 1. The van der Waals surface area contributed by atoms with Crippen LogP contribution >= 0.6 is 11.3 Å². The molecule has 0 aromatic carbocycles. The molecule has 0 spiro atoms. The van der Waals surface area contributed by atoms with E-state index < -0.39 is 0 Å². The normalized spacial score (nSPS) is 11.2. The molecule has 16 heavy (non-hydrogen) atoms. The summed E-state index contributed by atoms with van der Waals surface area (Å²) in [4.78, 5) is 15.3. The van der Waals surface area contributed by atoms with Crippen LogP contribution in [0.25, 0.3) is 0 Å². The molecule has 0 radical (unpaired) electrons. The van der Waals surface area contributed by atoms with Crippen molar-refractivity contribution in [1.29, 1.82) is 0 Å². The maximum absolute atomic E-state index is 11.2. The molecule has 1 aromatic heterocycles. The number of hydrogen-bond donors (Lipinski definition) is 1. The van der Waals surface area contributed by atoms with Gasteiger partial charge in [-0.1, -0.05) is 20.8 Å². The number of nitrogens with one attached hydrogen (secondary N) is 1. The number of carbonyl (C=O) groups excluding carboxylic acids is 1. The second-order valence-electron chi connectivity index (χ2n) is 4.40. The van der Waals surface area contributed by atoms with E-state index in [2.05, 4.69) is 35.8 Å². The third-order valence-corrected chi connectivity index (χ3v) is 3.37. The van der Waals surface area contributed by atoms with Gasteiger partial charge in [0.2, 0.25) is 0 Å². The molecule has 1 heterocycles. The summed E-state index contributed by atoms with van der Waals surface area (Å²) in [6.07, 6.45) is 1.09. The Balaban J connectivity index is 2.56. The molecule has 0 atom stereocenters. The Morgan fingerprint density at radius 2 is 2.31 bits per heavy atom. The highest BCUT2D eigenvalue weighted by Crippen LogP contribution is 2.22. The predicted molar refractivity (Wildman–Crippen MR) is 66.0 cm³/mol. The lowest BCUT2D eigenvalue weighted by atomic mass is 9.90. The molecule has 0 aliphatic carbocycles. The molecule has 90 valence electrons. The van der Waals surface area contributed by atoms with E-state index in [1.807, 2.05) is 0 Å². The Bertz CT molecular complexity index is 361. The average Bonchev–Trinajstić information content (AvgIpc) is 2.74. The van der Waals surface area contributed by atoms with E-state index in [9.17, 15) is 4.79 Å². The number of ether oxygens (including phenoxy) is 1. The van der Waals surface area contributed by atoms with Gasteiger partial charge >= 0.3 is 5.97 Å². The molecule has 1 N–H and O–H groups in total. The number of anilines is 1. The van der Waals surface area contributed by atoms with E-state index in [1.165, 1.54) is 18.4 Å². The fraction of sp³-hybridized carbons (Fsp3) is 0.636. The first kappa shape index (κ1) is 13.0. The minimum Gasteiger partial charge on any atom is -0.464 e. The van der Waals surface area contributed by atoms with Gasteiger partial charge in [0.1, 0.15) is 0 Å². The number of hydrogen-bond acceptors (Lipinski definition) is 5. The van der Waals surface area contributed by atoms with Crippen LogP contribution < -0.4 is 5.32 Å². The van der Waals surface area contributed by atoms with Gasteiger partial charge < -0.3 is 10.1 Å². The van der Waals surface area contributed by atoms with Crippen molar-refractivity contribution in [1.82, 2.24) is 4.98 Å². The smallest absolute Gasteiger partial charge is 0.357 e. The standard InChI is InChI=1S/C11H18N2O2S/c1-5-11(2,3)7-12-10-13-8(6-16-10)9(14)15-4/h6H,5,7H2,1-4H3,(H,12,13). The van der Waals surface area contributed by atoms with Gasteiger partial charge in [0.15, 0.2) is 10.8 Å². The average molecular weight is 242 g/mol. The third-order valence-electron chi connectivity index (χ3n) is 2.57. The zero-order valence-corrected chi connectivity index (χ0v) is 11.0. The SMILES string of the molecule is CCC(C)(C)CNc1nc(C(=O)OC)cs1. The number of methoxy groups -OCH3 is 1. The van der Waals surface area contributed by atoms with Gasteiger partial charge in [-0.15, -0.1) is 11.3 Å². The molecule has 0 aliphatic rings. The predicted octanol–water partition coefficient (Wildman–Crippen LogP) is 2.78. The van der Waals surface area contributed by atoms with Gasteiger partial charge in [-0.2, -0.15) is 0 Å². The monoisotopic (exact) mass is 242 g/mol. The summed E-state index contributed by atoms with van der Waals surface area (Å²) in [5.74, 6) is -0.390. The summed E-state index contributed by atoms with van der Waals surface area (Å²) in [7, 11) is 1.36. The largest absolute Gasteiger partial charge is 0.464 e. The molecule has 1 rings (SSSR count). The summed E-state index contributed by atoms with van der Waals surface area (Å²) >= 11 is 1.42. The van der Waals surface area contributed by atoms with Gasteiger partial charge in [-0.25, -0.2) is 9.78 Å². The van der Waals surface area contributed by atoms with Crippen molar-refractivity contribution in [3.05, 3.63) is 11.1 Å². The Kier molecular flexibility index (Phi) is 4.29. The van der Waals surface area contributed by atoms with E-state index in [0.717, 1.165) is 18.1 Å². The third kappa shape index (κ3) is 3.48. The maximum Gasteiger partial charge on any atom is 0.357 e. The lowest BCUT2D eigenvalue weighted by Crippen LogP contribution is -2.21. The van der Waals surface area contributed by atoms with Crippen molar-refractivity contribution in [2.75, 3.05) is 19.0 Å². The van der Waals surface area contributed by atoms with Gasteiger partial charge in [0.25, 0.3) is 0 Å². The molecular formula is C11H18N2O2S. The Labute approximate surface area is 100 Å². The van der Waals surface area contributed by atoms with Crippen LogP contribution in [0.4, 0.5) is 5.13 Å². The molecule has 0 bridgehead atoms. The molecule has 0 unspecified atom stereocenters. The summed E-state index contributed by atoms with van der Waals surface area (Å²) in [6, 6.07) is 0. The second-order valence-corrected chi connectivity index (χ2v) is 5.26. The first-order valence-electron chi connectivity index (χ1n) is 5.26. The summed E-state index contributed by atoms with van der Waals surface area (Å²) in [5, 5.41) is 5.70. The first-order valence-corrected chi connectivity index (χ1v) is 6.14. The minimum absolute atomic E-state index is 0.233. The second kappa shape index (κ2) is 5.30. The van der Waals surface area contributed by atoms with Crippen molar-refractivity contribution < 1.29 is 9.53 Å². The number of thiazole rings is 1. The van der Waals surface area contributed by atoms with Crippen LogP contribution in [-0.2, 0) is 4.74 Å². The van der Waals surface area contributed by atoms with Gasteiger partial charge in [0.05, 0.1) is 7.11 Å². The van der Waals surface area contributed by atoms with E-state index in [1.54, 1.807) is 5.38 Å². The summed E-state index contributed by atoms with van der Waals surface area (Å²) in [5.41, 5.74) is 0.598. The minimum atomic E-state index is -0.390. The Morgan fingerprint density at radius 1 is 1.62 bits per heavy atom. The quantitative estimate of drug-likeness (QED) is 0.807. The van der Waals surface area contributed by atoms with Crippen LogP contribution in [0.1, 0.15) is 37.7 Å². The number of aromatic nitrogens is 1. The Morgan fingerprint density at radius 3 is 2.88 bits per heavy atom. The van der Waals surface area contributed by atoms with E-state index in [-0.39, 0.29) is 11.4 Å². The highest BCUT2D eigenvalue weighted by Gasteiger charge is 2.16. The first-order chi connectivity index (χ1) is 7.48. The lowest BCUT2D eigenvalue weighted by Gasteiger charge is -2.22. The Hall–Kier alpha value is -1.10. The van der Waals surface area contributed by atoms with Crippen molar-refractivity contribution in [2.45, 2.75) is 27.2 Å². The van der Waals surface area contributed by atoms with Gasteiger partial charge in [-0.3, -0.25) is 0 Å². The van der Waals surface area contributed by atoms with Crippen molar-refractivity contribution in [3.63, 3.8) is 0 Å². The van der Waals surface area contributed by atoms with Gasteiger partial charge in [-0.05, 0) is 11.8 Å². The van der Waals surface area contributed by atoms with Gasteiger partial charge in [0, 0.05) is 11.9 Å².